The molecule has 0 saturated heterocycles. The summed E-state index contributed by atoms with van der Waals surface area (Å²) >= 11 is 3.07. The van der Waals surface area contributed by atoms with Gasteiger partial charge >= 0.3 is 5.97 Å². The number of carboxylic acid groups (broad SMARTS) is 1. The van der Waals surface area contributed by atoms with Gasteiger partial charge < -0.3 is 10.4 Å². The van der Waals surface area contributed by atoms with Gasteiger partial charge in [-0.05, 0) is 19.4 Å². The monoisotopic (exact) mass is 451 g/mol. The molecule has 0 saturated carbocycles. The highest BCUT2D eigenvalue weighted by molar-refractivity contribution is 8.14. The number of rotatable bonds is 5. The number of benzene rings is 1. The molecule has 2 N–H and O–H groups in total. The molecular formula is C22H33N3O3S2. The van der Waals surface area contributed by atoms with Gasteiger partial charge in [0, 0.05) is 17.7 Å². The maximum atomic E-state index is 11.6. The minimum Gasteiger partial charge on any atom is -0.480 e. The maximum absolute atomic E-state index is 11.6. The Hall–Kier alpha value is -2.19. The average Bonchev–Trinajstić information content (AvgIpc) is 3.39. The van der Waals surface area contributed by atoms with E-state index in [-0.39, 0.29) is 5.91 Å². The Kier molecular flexibility index (Phi) is 15.4. The van der Waals surface area contributed by atoms with Crippen LogP contribution in [0.1, 0.15) is 50.9 Å². The third-order valence-electron chi connectivity index (χ3n) is 3.41. The van der Waals surface area contributed by atoms with Crippen LogP contribution in [0, 0.1) is 6.92 Å². The molecule has 1 aromatic heterocycles. The molecular weight excluding hydrogens is 418 g/mol. The first-order chi connectivity index (χ1) is 14.4. The minimum atomic E-state index is -0.820. The molecule has 0 spiro atoms. The van der Waals surface area contributed by atoms with E-state index in [9.17, 15) is 9.59 Å². The van der Waals surface area contributed by atoms with E-state index < -0.39 is 12.0 Å². The van der Waals surface area contributed by atoms with Gasteiger partial charge in [-0.3, -0.25) is 9.79 Å². The molecule has 30 heavy (non-hydrogen) atoms. The number of hydrogen-bond donors (Lipinski definition) is 2. The molecule has 6 nitrogen and oxygen atoms in total. The zero-order valence-electron chi connectivity index (χ0n) is 18.6. The number of aliphatic carboxylic acids is 1. The number of nitrogens with one attached hydrogen (secondary N) is 1. The quantitative estimate of drug-likeness (QED) is 0.670. The Morgan fingerprint density at radius 2 is 1.77 bits per heavy atom. The van der Waals surface area contributed by atoms with Crippen LogP contribution in [0.4, 0.5) is 0 Å². The van der Waals surface area contributed by atoms with Gasteiger partial charge in [0.2, 0.25) is 5.91 Å². The van der Waals surface area contributed by atoms with Crippen LogP contribution in [0.25, 0.3) is 0 Å². The van der Waals surface area contributed by atoms with E-state index in [4.69, 9.17) is 5.11 Å². The summed E-state index contributed by atoms with van der Waals surface area (Å²) in [4.78, 5) is 30.0. The minimum absolute atomic E-state index is 0.0131. The molecule has 0 aliphatic carbocycles. The van der Waals surface area contributed by atoms with Crippen molar-refractivity contribution in [2.45, 2.75) is 60.5 Å². The molecule has 2 aromatic rings. The van der Waals surface area contributed by atoms with E-state index in [1.54, 1.807) is 11.3 Å². The summed E-state index contributed by atoms with van der Waals surface area (Å²) < 4.78 is 0. The fourth-order valence-corrected chi connectivity index (χ4v) is 3.56. The van der Waals surface area contributed by atoms with Gasteiger partial charge in [-0.15, -0.1) is 23.1 Å². The number of carbonyl (C=O) groups excluding carboxylic acids is 1. The van der Waals surface area contributed by atoms with Crippen LogP contribution in [-0.2, 0) is 22.6 Å². The third kappa shape index (κ3) is 11.7. The van der Waals surface area contributed by atoms with Crippen LogP contribution in [0.5, 0.6) is 0 Å². The molecule has 166 valence electrons. The highest BCUT2D eigenvalue weighted by Crippen LogP contribution is 2.17. The van der Waals surface area contributed by atoms with E-state index in [0.717, 1.165) is 21.3 Å². The normalized spacial score (nSPS) is 13.9. The predicted molar refractivity (Wildman–Crippen MR) is 129 cm³/mol. The first-order valence-electron chi connectivity index (χ1n) is 10.1. The third-order valence-corrected chi connectivity index (χ3v) is 5.24. The van der Waals surface area contributed by atoms with Gasteiger partial charge in [0.05, 0.1) is 22.2 Å². The first-order valence-corrected chi connectivity index (χ1v) is 11.9. The highest BCUT2D eigenvalue weighted by atomic mass is 32.2. The number of carbonyl (C=O) groups is 2. The molecule has 1 aliphatic rings. The maximum Gasteiger partial charge on any atom is 0.329 e. The van der Waals surface area contributed by atoms with Gasteiger partial charge in [0.25, 0.3) is 0 Å². The molecule has 0 fully saturated rings. The number of aromatic nitrogens is 1. The lowest BCUT2D eigenvalue weighted by Gasteiger charge is -2.03. The molecule has 1 amide bonds. The van der Waals surface area contributed by atoms with Crippen molar-refractivity contribution in [3.05, 3.63) is 52.0 Å². The van der Waals surface area contributed by atoms with Crippen molar-refractivity contribution in [2.24, 2.45) is 4.99 Å². The predicted octanol–water partition coefficient (Wildman–Crippen LogP) is 4.97. The Morgan fingerprint density at radius 3 is 2.20 bits per heavy atom. The van der Waals surface area contributed by atoms with Crippen LogP contribution >= 0.6 is 23.1 Å². The second kappa shape index (κ2) is 16.6. The highest BCUT2D eigenvalue weighted by Gasteiger charge is 2.21. The van der Waals surface area contributed by atoms with E-state index in [0.29, 0.717) is 18.7 Å². The van der Waals surface area contributed by atoms with E-state index in [1.165, 1.54) is 11.8 Å². The molecule has 1 aromatic carbocycles. The number of aryl methyl sites for hydroxylation is 1. The van der Waals surface area contributed by atoms with Crippen molar-refractivity contribution in [1.29, 1.82) is 0 Å². The van der Waals surface area contributed by atoms with Crippen molar-refractivity contribution in [3.8, 4) is 0 Å². The van der Waals surface area contributed by atoms with Crippen LogP contribution in [0.2, 0.25) is 0 Å². The lowest BCUT2D eigenvalue weighted by Crippen LogP contribution is -2.24. The van der Waals surface area contributed by atoms with Crippen LogP contribution in [-0.4, -0.2) is 38.8 Å². The number of aliphatic imine (C=N–C) groups is 1. The number of amides is 1. The van der Waals surface area contributed by atoms with Gasteiger partial charge in [-0.1, -0.05) is 58.0 Å². The Bertz CT molecular complexity index is 777. The number of hydrogen-bond acceptors (Lipinski definition) is 6. The Morgan fingerprint density at radius 1 is 1.13 bits per heavy atom. The molecule has 1 unspecified atom stereocenters. The largest absolute Gasteiger partial charge is 0.480 e. The molecule has 1 aliphatic heterocycles. The fourth-order valence-electron chi connectivity index (χ4n) is 2.13. The van der Waals surface area contributed by atoms with E-state index in [1.807, 2.05) is 77.3 Å². The number of thiazole rings is 1. The molecule has 3 rings (SSSR count). The van der Waals surface area contributed by atoms with Crippen molar-refractivity contribution in [1.82, 2.24) is 10.3 Å². The smallest absolute Gasteiger partial charge is 0.329 e. The summed E-state index contributed by atoms with van der Waals surface area (Å²) in [5.74, 6) is -0.209. The van der Waals surface area contributed by atoms with E-state index >= 15 is 0 Å². The summed E-state index contributed by atoms with van der Waals surface area (Å²) in [6, 6.07) is 9.38. The van der Waals surface area contributed by atoms with Gasteiger partial charge in [-0.2, -0.15) is 0 Å². The molecule has 8 heteroatoms. The summed E-state index contributed by atoms with van der Waals surface area (Å²) in [7, 11) is 0. The zero-order valence-corrected chi connectivity index (χ0v) is 20.3. The van der Waals surface area contributed by atoms with Crippen molar-refractivity contribution >= 4 is 40.0 Å². The lowest BCUT2D eigenvalue weighted by molar-refractivity contribution is -0.137. The van der Waals surface area contributed by atoms with E-state index in [2.05, 4.69) is 15.3 Å². The summed E-state index contributed by atoms with van der Waals surface area (Å²) in [6.45, 7) is 12.3. The molecule has 0 bridgehead atoms. The SMILES string of the molecule is CC.CC.CC1=NC(C(=O)O)CS1.Cc1nc(CC(=O)NCc2ccccc2)cs1. The van der Waals surface area contributed by atoms with Crippen LogP contribution in [0.15, 0.2) is 40.7 Å². The molecule has 0 radical (unpaired) electrons. The van der Waals surface area contributed by atoms with Crippen molar-refractivity contribution in [3.63, 3.8) is 0 Å². The lowest BCUT2D eigenvalue weighted by atomic mass is 10.2. The summed E-state index contributed by atoms with van der Waals surface area (Å²) in [5, 5.41) is 15.1. The van der Waals surface area contributed by atoms with Crippen molar-refractivity contribution in [2.75, 3.05) is 5.75 Å². The number of carboxylic acids is 1. The van der Waals surface area contributed by atoms with Gasteiger partial charge in [-0.25, -0.2) is 9.78 Å². The topological polar surface area (TPSA) is 91.7 Å². The second-order valence-electron chi connectivity index (χ2n) is 5.61. The van der Waals surface area contributed by atoms with Crippen LogP contribution < -0.4 is 5.32 Å². The van der Waals surface area contributed by atoms with Gasteiger partial charge in [0.1, 0.15) is 0 Å². The van der Waals surface area contributed by atoms with Crippen molar-refractivity contribution < 1.29 is 14.7 Å². The van der Waals surface area contributed by atoms with Crippen LogP contribution in [0.3, 0.4) is 0 Å². The second-order valence-corrected chi connectivity index (χ2v) is 7.89. The summed E-state index contributed by atoms with van der Waals surface area (Å²) in [5.41, 5.74) is 1.95. The summed E-state index contributed by atoms with van der Waals surface area (Å²) in [6.07, 6.45) is 0.358. The first kappa shape index (κ1) is 27.8. The Balaban J connectivity index is 0.000000547. The number of nitrogens with zero attached hydrogens (tertiary/aromatic N) is 2. The molecule has 1 atom stereocenters. The fraction of sp³-hybridized carbons (Fsp3) is 0.455. The molecule has 2 heterocycles. The number of thioether (sulfide) groups is 1. The average molecular weight is 452 g/mol. The zero-order chi connectivity index (χ0) is 22.9. The Labute approximate surface area is 188 Å². The standard InChI is InChI=1S/C13H14N2OS.C5H7NO2S.2C2H6/c1-10-15-12(9-17-10)7-13(16)14-8-11-5-3-2-4-6-11;1-3-6-4(2-9-3)5(7)8;2*1-2/h2-6,9H,7-8H2,1H3,(H,14,16);4H,2H2,1H3,(H,7,8);2*1-2H3. The van der Waals surface area contributed by atoms with Gasteiger partial charge in [0.15, 0.2) is 6.04 Å².